The third-order valence-corrected chi connectivity index (χ3v) is 5.74. The standard InChI is InChI=1S/C22H30N2O4S/c1-6-27-19-12-24(10-9-15(19)20(26)28-22(3,4)5)21-23-17(13-29-21)16-11-14(2)7-8-18(16)25/h7-8,11,13,15,19,25H,6,9-10,12H2,1-5H3/t15?,19-/m0/s1. The van der Waals surface area contributed by atoms with Crippen molar-refractivity contribution in [1.82, 2.24) is 4.98 Å². The number of thiazole rings is 1. The number of aromatic hydroxyl groups is 1. The first-order valence-electron chi connectivity index (χ1n) is 10.0. The predicted octanol–water partition coefficient (Wildman–Crippen LogP) is 4.40. The molecule has 2 heterocycles. The van der Waals surface area contributed by atoms with Crippen molar-refractivity contribution in [3.63, 3.8) is 0 Å². The van der Waals surface area contributed by atoms with Crippen molar-refractivity contribution in [3.05, 3.63) is 29.1 Å². The number of rotatable bonds is 5. The van der Waals surface area contributed by atoms with E-state index in [0.29, 0.717) is 26.1 Å². The van der Waals surface area contributed by atoms with Crippen LogP contribution in [0.3, 0.4) is 0 Å². The van der Waals surface area contributed by atoms with Crippen LogP contribution in [-0.2, 0) is 14.3 Å². The Morgan fingerprint density at radius 2 is 2.14 bits per heavy atom. The zero-order chi connectivity index (χ0) is 21.2. The number of ether oxygens (including phenoxy) is 2. The SMILES string of the molecule is CCO[C@H]1CN(c2nc(-c3cc(C)ccc3O)cs2)CCC1C(=O)OC(C)(C)C. The van der Waals surface area contributed by atoms with Gasteiger partial charge in [-0.3, -0.25) is 4.79 Å². The third kappa shape index (κ3) is 5.28. The Hall–Kier alpha value is -2.12. The van der Waals surface area contributed by atoms with E-state index in [-0.39, 0.29) is 23.7 Å². The summed E-state index contributed by atoms with van der Waals surface area (Å²) in [5.74, 6) is -0.242. The summed E-state index contributed by atoms with van der Waals surface area (Å²) in [4.78, 5) is 19.5. The number of hydrogen-bond acceptors (Lipinski definition) is 7. The molecule has 1 aliphatic rings. The molecule has 0 spiro atoms. The molecule has 1 saturated heterocycles. The lowest BCUT2D eigenvalue weighted by atomic mass is 9.93. The Labute approximate surface area is 176 Å². The molecule has 6 nitrogen and oxygen atoms in total. The van der Waals surface area contributed by atoms with Gasteiger partial charge in [-0.2, -0.15) is 0 Å². The molecule has 29 heavy (non-hydrogen) atoms. The van der Waals surface area contributed by atoms with Gasteiger partial charge in [-0.15, -0.1) is 11.3 Å². The number of phenols is 1. The van der Waals surface area contributed by atoms with Gasteiger partial charge in [0, 0.05) is 30.6 Å². The van der Waals surface area contributed by atoms with Gasteiger partial charge >= 0.3 is 5.97 Å². The van der Waals surface area contributed by atoms with Gasteiger partial charge in [-0.25, -0.2) is 4.98 Å². The minimum atomic E-state index is -0.509. The maximum Gasteiger partial charge on any atom is 0.312 e. The van der Waals surface area contributed by atoms with Crippen molar-refractivity contribution in [2.45, 2.75) is 52.7 Å². The predicted molar refractivity (Wildman–Crippen MR) is 116 cm³/mol. The molecule has 0 saturated carbocycles. The fourth-order valence-electron chi connectivity index (χ4n) is 3.51. The van der Waals surface area contributed by atoms with Gasteiger partial charge in [0.05, 0.1) is 17.7 Å². The van der Waals surface area contributed by atoms with Gasteiger partial charge in [0.15, 0.2) is 5.13 Å². The van der Waals surface area contributed by atoms with Crippen molar-refractivity contribution >= 4 is 22.4 Å². The summed E-state index contributed by atoms with van der Waals surface area (Å²) in [7, 11) is 0. The Balaban J connectivity index is 1.76. The first-order valence-corrected chi connectivity index (χ1v) is 10.9. The molecule has 1 aromatic heterocycles. The monoisotopic (exact) mass is 418 g/mol. The third-order valence-electron chi connectivity index (χ3n) is 4.84. The molecule has 0 amide bonds. The fraction of sp³-hybridized carbons (Fsp3) is 0.545. The van der Waals surface area contributed by atoms with Gasteiger partial charge in [0.2, 0.25) is 0 Å². The summed E-state index contributed by atoms with van der Waals surface area (Å²) in [6, 6.07) is 5.51. The lowest BCUT2D eigenvalue weighted by molar-refractivity contribution is -0.166. The van der Waals surface area contributed by atoms with Crippen LogP contribution in [0.1, 0.15) is 39.7 Å². The fourth-order valence-corrected chi connectivity index (χ4v) is 4.37. The van der Waals surface area contributed by atoms with Crippen LogP contribution in [0.5, 0.6) is 5.75 Å². The minimum absolute atomic E-state index is 0.194. The van der Waals surface area contributed by atoms with Crippen molar-refractivity contribution < 1.29 is 19.4 Å². The molecular weight excluding hydrogens is 388 g/mol. The summed E-state index contributed by atoms with van der Waals surface area (Å²) in [6.07, 6.45) is 0.424. The van der Waals surface area contributed by atoms with Gasteiger partial charge in [-0.1, -0.05) is 11.6 Å². The second-order valence-electron chi connectivity index (χ2n) is 8.40. The first kappa shape index (κ1) is 21.6. The van der Waals surface area contributed by atoms with E-state index in [1.807, 2.05) is 52.1 Å². The summed E-state index contributed by atoms with van der Waals surface area (Å²) in [6.45, 7) is 11.4. The number of aryl methyl sites for hydroxylation is 1. The second-order valence-corrected chi connectivity index (χ2v) is 9.24. The average Bonchev–Trinajstić information content (AvgIpc) is 3.12. The Bertz CT molecular complexity index is 859. The molecule has 0 aliphatic carbocycles. The van der Waals surface area contributed by atoms with Crippen molar-refractivity contribution in [1.29, 1.82) is 0 Å². The Morgan fingerprint density at radius 1 is 1.38 bits per heavy atom. The lowest BCUT2D eigenvalue weighted by Gasteiger charge is -2.38. The highest BCUT2D eigenvalue weighted by molar-refractivity contribution is 7.14. The second kappa shape index (κ2) is 8.71. The number of benzene rings is 1. The average molecular weight is 419 g/mol. The van der Waals surface area contributed by atoms with Crippen LogP contribution < -0.4 is 4.90 Å². The van der Waals surface area contributed by atoms with E-state index in [2.05, 4.69) is 4.90 Å². The molecule has 2 atom stereocenters. The normalized spacial score (nSPS) is 20.0. The zero-order valence-corrected chi connectivity index (χ0v) is 18.6. The largest absolute Gasteiger partial charge is 0.507 e. The van der Waals surface area contributed by atoms with Crippen LogP contribution in [0.15, 0.2) is 23.6 Å². The van der Waals surface area contributed by atoms with Crippen molar-refractivity contribution in [2.75, 3.05) is 24.6 Å². The topological polar surface area (TPSA) is 71.9 Å². The van der Waals surface area contributed by atoms with Gasteiger partial charge in [0.25, 0.3) is 0 Å². The molecule has 0 bridgehead atoms. The van der Waals surface area contributed by atoms with E-state index in [0.717, 1.165) is 22.0 Å². The van der Waals surface area contributed by atoms with Crippen LogP contribution in [-0.4, -0.2) is 47.5 Å². The number of piperidine rings is 1. The lowest BCUT2D eigenvalue weighted by Crippen LogP contribution is -2.49. The molecule has 158 valence electrons. The van der Waals surface area contributed by atoms with Gasteiger partial charge in [-0.05, 0) is 53.2 Å². The Kier molecular flexibility index (Phi) is 6.49. The van der Waals surface area contributed by atoms with E-state index < -0.39 is 5.60 Å². The molecule has 0 radical (unpaired) electrons. The summed E-state index contributed by atoms with van der Waals surface area (Å²) in [5, 5.41) is 13.0. The van der Waals surface area contributed by atoms with Crippen LogP contribution in [0.4, 0.5) is 5.13 Å². The number of esters is 1. The van der Waals surface area contributed by atoms with E-state index in [4.69, 9.17) is 14.5 Å². The van der Waals surface area contributed by atoms with Crippen LogP contribution in [0.2, 0.25) is 0 Å². The van der Waals surface area contributed by atoms with E-state index in [1.54, 1.807) is 6.07 Å². The molecule has 1 aromatic carbocycles. The molecule has 1 fully saturated rings. The van der Waals surface area contributed by atoms with E-state index in [1.165, 1.54) is 11.3 Å². The quantitative estimate of drug-likeness (QED) is 0.726. The van der Waals surface area contributed by atoms with Crippen LogP contribution >= 0.6 is 11.3 Å². The molecular formula is C22H30N2O4S. The Morgan fingerprint density at radius 3 is 2.83 bits per heavy atom. The van der Waals surface area contributed by atoms with Gasteiger partial charge < -0.3 is 19.5 Å². The first-order chi connectivity index (χ1) is 13.7. The van der Waals surface area contributed by atoms with E-state index in [9.17, 15) is 9.90 Å². The summed E-state index contributed by atoms with van der Waals surface area (Å²) in [5.41, 5.74) is 2.05. The van der Waals surface area contributed by atoms with Gasteiger partial charge in [0.1, 0.15) is 11.4 Å². The number of nitrogens with zero attached hydrogens (tertiary/aromatic N) is 2. The molecule has 3 rings (SSSR count). The molecule has 7 heteroatoms. The highest BCUT2D eigenvalue weighted by Crippen LogP contribution is 2.35. The number of anilines is 1. The summed E-state index contributed by atoms with van der Waals surface area (Å²) >= 11 is 1.54. The van der Waals surface area contributed by atoms with Crippen molar-refractivity contribution in [3.8, 4) is 17.0 Å². The number of aromatic nitrogens is 1. The number of hydrogen-bond donors (Lipinski definition) is 1. The van der Waals surface area contributed by atoms with Crippen LogP contribution in [0, 0.1) is 12.8 Å². The molecule has 2 aromatic rings. The summed E-state index contributed by atoms with van der Waals surface area (Å²) < 4.78 is 11.5. The zero-order valence-electron chi connectivity index (χ0n) is 17.8. The highest BCUT2D eigenvalue weighted by atomic mass is 32.1. The van der Waals surface area contributed by atoms with E-state index >= 15 is 0 Å². The van der Waals surface area contributed by atoms with Crippen LogP contribution in [0.25, 0.3) is 11.3 Å². The smallest absolute Gasteiger partial charge is 0.312 e. The number of phenolic OH excluding ortho intramolecular Hbond substituents is 1. The molecule has 1 aliphatic heterocycles. The maximum atomic E-state index is 12.6. The number of carbonyl (C=O) groups is 1. The molecule has 1 N–H and O–H groups in total. The minimum Gasteiger partial charge on any atom is -0.507 e. The highest BCUT2D eigenvalue weighted by Gasteiger charge is 2.38. The van der Waals surface area contributed by atoms with Crippen molar-refractivity contribution in [2.24, 2.45) is 5.92 Å². The molecule has 1 unspecified atom stereocenters. The number of carbonyl (C=O) groups excluding carboxylic acids is 1. The maximum absolute atomic E-state index is 12.6.